The summed E-state index contributed by atoms with van der Waals surface area (Å²) in [6.45, 7) is 6.66. The molecule has 0 spiro atoms. The number of rotatable bonds is 2. The van der Waals surface area contributed by atoms with Crippen LogP contribution in [0.3, 0.4) is 0 Å². The zero-order chi connectivity index (χ0) is 12.4. The van der Waals surface area contributed by atoms with Crippen molar-refractivity contribution in [3.8, 4) is 0 Å². The van der Waals surface area contributed by atoms with Crippen LogP contribution in [0.2, 0.25) is 5.28 Å². The van der Waals surface area contributed by atoms with Gasteiger partial charge in [-0.25, -0.2) is 9.97 Å². The molecule has 1 saturated carbocycles. The molecule has 17 heavy (non-hydrogen) atoms. The molecule has 3 unspecified atom stereocenters. The van der Waals surface area contributed by atoms with E-state index in [0.29, 0.717) is 17.2 Å². The Morgan fingerprint density at radius 1 is 1.35 bits per heavy atom. The quantitative estimate of drug-likeness (QED) is 0.818. The SMILES string of the molecule is Cc1cnc(Cl)nc1NC1CCCC(C)C1C. The van der Waals surface area contributed by atoms with E-state index in [0.717, 1.165) is 17.3 Å². The Bertz CT molecular complexity index is 394. The van der Waals surface area contributed by atoms with E-state index in [1.165, 1.54) is 19.3 Å². The maximum Gasteiger partial charge on any atom is 0.224 e. The lowest BCUT2D eigenvalue weighted by atomic mass is 9.78. The first-order valence-corrected chi connectivity index (χ1v) is 6.71. The largest absolute Gasteiger partial charge is 0.367 e. The van der Waals surface area contributed by atoms with Crippen LogP contribution in [-0.4, -0.2) is 16.0 Å². The van der Waals surface area contributed by atoms with Gasteiger partial charge < -0.3 is 5.32 Å². The van der Waals surface area contributed by atoms with Gasteiger partial charge in [-0.2, -0.15) is 0 Å². The molecule has 1 aliphatic rings. The highest BCUT2D eigenvalue weighted by molar-refractivity contribution is 6.28. The third kappa shape index (κ3) is 2.89. The maximum atomic E-state index is 5.84. The minimum atomic E-state index is 0.314. The van der Waals surface area contributed by atoms with E-state index in [-0.39, 0.29) is 0 Å². The lowest BCUT2D eigenvalue weighted by molar-refractivity contribution is 0.253. The fourth-order valence-corrected chi connectivity index (χ4v) is 2.66. The van der Waals surface area contributed by atoms with Crippen LogP contribution in [0, 0.1) is 18.8 Å². The first-order chi connectivity index (χ1) is 8.08. The van der Waals surface area contributed by atoms with Gasteiger partial charge in [0.05, 0.1) is 0 Å². The Labute approximate surface area is 108 Å². The molecule has 4 heteroatoms. The summed E-state index contributed by atoms with van der Waals surface area (Å²) in [4.78, 5) is 8.25. The third-order valence-corrected chi connectivity index (χ3v) is 4.15. The van der Waals surface area contributed by atoms with Crippen molar-refractivity contribution in [3.05, 3.63) is 17.0 Å². The topological polar surface area (TPSA) is 37.8 Å². The molecule has 2 rings (SSSR count). The molecule has 3 atom stereocenters. The van der Waals surface area contributed by atoms with Gasteiger partial charge in [-0.15, -0.1) is 0 Å². The smallest absolute Gasteiger partial charge is 0.224 e. The number of nitrogens with zero attached hydrogens (tertiary/aromatic N) is 2. The Balaban J connectivity index is 2.11. The molecule has 94 valence electrons. The number of halogens is 1. The highest BCUT2D eigenvalue weighted by Gasteiger charge is 2.27. The standard InChI is InChI=1S/C13H20ClN3/c1-8-5-4-6-11(10(8)3)16-12-9(2)7-15-13(14)17-12/h7-8,10-11H,4-6H2,1-3H3,(H,15,16,17). The second-order valence-electron chi connectivity index (χ2n) is 5.19. The number of hydrogen-bond acceptors (Lipinski definition) is 3. The first kappa shape index (κ1) is 12.6. The average Bonchev–Trinajstić information content (AvgIpc) is 2.30. The Morgan fingerprint density at radius 3 is 2.88 bits per heavy atom. The molecule has 0 amide bonds. The van der Waals surface area contributed by atoms with Crippen molar-refractivity contribution < 1.29 is 0 Å². The zero-order valence-corrected chi connectivity index (χ0v) is 11.5. The first-order valence-electron chi connectivity index (χ1n) is 6.33. The highest BCUT2D eigenvalue weighted by atomic mass is 35.5. The summed E-state index contributed by atoms with van der Waals surface area (Å²) < 4.78 is 0. The third-order valence-electron chi connectivity index (χ3n) is 3.97. The fraction of sp³-hybridized carbons (Fsp3) is 0.692. The molecule has 0 aromatic carbocycles. The monoisotopic (exact) mass is 253 g/mol. The maximum absolute atomic E-state index is 5.84. The molecule has 0 saturated heterocycles. The van der Waals surface area contributed by atoms with Crippen molar-refractivity contribution in [2.45, 2.75) is 46.1 Å². The van der Waals surface area contributed by atoms with Gasteiger partial charge in [-0.05, 0) is 36.8 Å². The van der Waals surface area contributed by atoms with E-state index in [1.54, 1.807) is 6.20 Å². The molecule has 1 aromatic heterocycles. The molecule has 0 radical (unpaired) electrons. The van der Waals surface area contributed by atoms with Crippen LogP contribution in [0.1, 0.15) is 38.7 Å². The predicted octanol–water partition coefficient (Wildman–Crippen LogP) is 3.68. The number of nitrogens with one attached hydrogen (secondary N) is 1. The summed E-state index contributed by atoms with van der Waals surface area (Å²) in [6.07, 6.45) is 5.62. The van der Waals surface area contributed by atoms with Crippen molar-refractivity contribution in [2.75, 3.05) is 5.32 Å². The van der Waals surface area contributed by atoms with Gasteiger partial charge in [-0.3, -0.25) is 0 Å². The van der Waals surface area contributed by atoms with Crippen molar-refractivity contribution in [1.29, 1.82) is 0 Å². The van der Waals surface area contributed by atoms with Crippen LogP contribution in [0.5, 0.6) is 0 Å². The van der Waals surface area contributed by atoms with Crippen molar-refractivity contribution in [3.63, 3.8) is 0 Å². The lowest BCUT2D eigenvalue weighted by Crippen LogP contribution is -2.35. The second kappa shape index (κ2) is 5.21. The van der Waals surface area contributed by atoms with Crippen LogP contribution in [0.25, 0.3) is 0 Å². The number of aryl methyl sites for hydroxylation is 1. The Hall–Kier alpha value is -0.830. The molecule has 1 aromatic rings. The minimum absolute atomic E-state index is 0.314. The Kier molecular flexibility index (Phi) is 3.87. The zero-order valence-electron chi connectivity index (χ0n) is 10.7. The summed E-state index contributed by atoms with van der Waals surface area (Å²) in [5, 5.41) is 3.85. The summed E-state index contributed by atoms with van der Waals surface area (Å²) >= 11 is 5.84. The van der Waals surface area contributed by atoms with Crippen molar-refractivity contribution in [1.82, 2.24) is 9.97 Å². The molecule has 3 nitrogen and oxygen atoms in total. The predicted molar refractivity (Wildman–Crippen MR) is 71.4 cm³/mol. The summed E-state index contributed by atoms with van der Waals surface area (Å²) in [5.41, 5.74) is 1.06. The van der Waals surface area contributed by atoms with Gasteiger partial charge in [0.25, 0.3) is 0 Å². The van der Waals surface area contributed by atoms with E-state index in [4.69, 9.17) is 11.6 Å². The van der Waals surface area contributed by atoms with Crippen LogP contribution in [-0.2, 0) is 0 Å². The van der Waals surface area contributed by atoms with Crippen LogP contribution < -0.4 is 5.32 Å². The molecule has 1 aliphatic carbocycles. The van der Waals surface area contributed by atoms with Crippen LogP contribution >= 0.6 is 11.6 Å². The van der Waals surface area contributed by atoms with E-state index >= 15 is 0 Å². The molecule has 0 bridgehead atoms. The van der Waals surface area contributed by atoms with Gasteiger partial charge in [0, 0.05) is 17.8 Å². The van der Waals surface area contributed by atoms with E-state index in [9.17, 15) is 0 Å². The van der Waals surface area contributed by atoms with Crippen molar-refractivity contribution >= 4 is 17.4 Å². The molecular weight excluding hydrogens is 234 g/mol. The van der Waals surface area contributed by atoms with Gasteiger partial charge in [0.1, 0.15) is 5.82 Å². The van der Waals surface area contributed by atoms with Crippen LogP contribution in [0.15, 0.2) is 6.20 Å². The van der Waals surface area contributed by atoms with Gasteiger partial charge in [0.15, 0.2) is 0 Å². The Morgan fingerprint density at radius 2 is 2.12 bits per heavy atom. The normalized spacial score (nSPS) is 29.1. The van der Waals surface area contributed by atoms with Crippen LogP contribution in [0.4, 0.5) is 5.82 Å². The molecule has 1 fully saturated rings. The summed E-state index contributed by atoms with van der Waals surface area (Å²) in [7, 11) is 0. The van der Waals surface area contributed by atoms with Gasteiger partial charge in [0.2, 0.25) is 5.28 Å². The van der Waals surface area contributed by atoms with Gasteiger partial charge >= 0.3 is 0 Å². The molecule has 0 aliphatic heterocycles. The fourth-order valence-electron chi connectivity index (χ4n) is 2.53. The second-order valence-corrected chi connectivity index (χ2v) is 5.53. The highest BCUT2D eigenvalue weighted by Crippen LogP contribution is 2.31. The van der Waals surface area contributed by atoms with Gasteiger partial charge in [-0.1, -0.05) is 26.7 Å². The number of anilines is 1. The summed E-state index contributed by atoms with van der Waals surface area (Å²) in [5.74, 6) is 2.34. The van der Waals surface area contributed by atoms with E-state index in [2.05, 4.69) is 29.1 Å². The minimum Gasteiger partial charge on any atom is -0.367 e. The van der Waals surface area contributed by atoms with E-state index in [1.807, 2.05) is 6.92 Å². The molecule has 1 N–H and O–H groups in total. The van der Waals surface area contributed by atoms with E-state index < -0.39 is 0 Å². The number of hydrogen-bond donors (Lipinski definition) is 1. The molecular formula is C13H20ClN3. The number of aromatic nitrogens is 2. The molecule has 1 heterocycles. The lowest BCUT2D eigenvalue weighted by Gasteiger charge is -2.35. The average molecular weight is 254 g/mol. The summed E-state index contributed by atoms with van der Waals surface area (Å²) in [6, 6.07) is 0.503. The van der Waals surface area contributed by atoms with Crippen molar-refractivity contribution in [2.24, 2.45) is 11.8 Å².